The molecule has 0 saturated carbocycles. The predicted octanol–water partition coefficient (Wildman–Crippen LogP) is 7.36. The quantitative estimate of drug-likeness (QED) is 0.515. The molecule has 132 valence electrons. The Hall–Kier alpha value is -1.34. The topological polar surface area (TPSA) is 18.5 Å². The molecule has 0 aliphatic carbocycles. The molecule has 0 amide bonds. The summed E-state index contributed by atoms with van der Waals surface area (Å²) in [6.45, 7) is 0. The summed E-state index contributed by atoms with van der Waals surface area (Å²) in [5.74, 6) is 1.76. The standard InChI is InChI=1S/C20H16O2S4/c1-21-19-13(11-17-23-7-8-24-17)3-6-16-15(19)5-4-14(20(16)22-2)12-18-25-9-10-26-18/h3-12H,1-2H3. The van der Waals surface area contributed by atoms with E-state index in [1.165, 1.54) is 8.47 Å². The highest BCUT2D eigenvalue weighted by Gasteiger charge is 2.15. The summed E-state index contributed by atoms with van der Waals surface area (Å²) in [5, 5.41) is 10.5. The van der Waals surface area contributed by atoms with E-state index in [1.807, 2.05) is 0 Å². The van der Waals surface area contributed by atoms with E-state index in [-0.39, 0.29) is 0 Å². The average Bonchev–Trinajstić information content (AvgIpc) is 3.35. The third-order valence-corrected chi connectivity index (χ3v) is 7.95. The molecule has 26 heavy (non-hydrogen) atoms. The van der Waals surface area contributed by atoms with Crippen molar-refractivity contribution in [1.29, 1.82) is 0 Å². The largest absolute Gasteiger partial charge is 0.495 e. The van der Waals surface area contributed by atoms with Crippen LogP contribution in [0.5, 0.6) is 11.5 Å². The Bertz CT molecular complexity index is 874. The molecule has 4 rings (SSSR count). The molecular weight excluding hydrogens is 400 g/mol. The summed E-state index contributed by atoms with van der Waals surface area (Å²) in [6, 6.07) is 8.45. The number of hydrogen-bond acceptors (Lipinski definition) is 6. The van der Waals surface area contributed by atoms with E-state index in [2.05, 4.69) is 58.0 Å². The third-order valence-electron chi connectivity index (χ3n) is 3.97. The van der Waals surface area contributed by atoms with E-state index < -0.39 is 0 Å². The van der Waals surface area contributed by atoms with Gasteiger partial charge in [-0.25, -0.2) is 0 Å². The van der Waals surface area contributed by atoms with Crippen LogP contribution in [0.1, 0.15) is 11.1 Å². The van der Waals surface area contributed by atoms with Gasteiger partial charge in [-0.2, -0.15) is 0 Å². The molecule has 2 aromatic carbocycles. The second-order valence-electron chi connectivity index (χ2n) is 5.41. The highest BCUT2D eigenvalue weighted by atomic mass is 32.2. The van der Waals surface area contributed by atoms with Crippen molar-refractivity contribution in [2.45, 2.75) is 0 Å². The van der Waals surface area contributed by atoms with Crippen molar-refractivity contribution >= 4 is 70.0 Å². The van der Waals surface area contributed by atoms with E-state index in [4.69, 9.17) is 9.47 Å². The predicted molar refractivity (Wildman–Crippen MR) is 122 cm³/mol. The Morgan fingerprint density at radius 1 is 0.615 bits per heavy atom. The summed E-state index contributed by atoms with van der Waals surface area (Å²) < 4.78 is 14.0. The molecule has 2 aromatic rings. The first-order chi connectivity index (χ1) is 12.8. The Kier molecular flexibility index (Phi) is 5.64. The van der Waals surface area contributed by atoms with Gasteiger partial charge in [0.2, 0.25) is 0 Å². The molecule has 0 radical (unpaired) electrons. The number of methoxy groups -OCH3 is 2. The molecular formula is C20H16O2S4. The number of ether oxygens (including phenoxy) is 2. The minimum atomic E-state index is 0.881. The summed E-state index contributed by atoms with van der Waals surface area (Å²) in [7, 11) is 3.45. The zero-order valence-electron chi connectivity index (χ0n) is 14.2. The maximum atomic E-state index is 5.77. The smallest absolute Gasteiger partial charge is 0.134 e. The van der Waals surface area contributed by atoms with E-state index in [9.17, 15) is 0 Å². The van der Waals surface area contributed by atoms with Crippen LogP contribution in [0.2, 0.25) is 0 Å². The molecule has 0 spiro atoms. The van der Waals surface area contributed by atoms with Crippen LogP contribution in [-0.4, -0.2) is 14.2 Å². The lowest BCUT2D eigenvalue weighted by molar-refractivity contribution is 0.414. The van der Waals surface area contributed by atoms with Gasteiger partial charge >= 0.3 is 0 Å². The molecule has 0 N–H and O–H groups in total. The van der Waals surface area contributed by atoms with Gasteiger partial charge in [0, 0.05) is 30.4 Å². The van der Waals surface area contributed by atoms with Crippen LogP contribution < -0.4 is 9.47 Å². The van der Waals surface area contributed by atoms with Gasteiger partial charge in [0.15, 0.2) is 0 Å². The first-order valence-electron chi connectivity index (χ1n) is 7.88. The Balaban J connectivity index is 1.83. The van der Waals surface area contributed by atoms with Crippen LogP contribution in [-0.2, 0) is 0 Å². The van der Waals surface area contributed by atoms with E-state index >= 15 is 0 Å². The molecule has 0 fully saturated rings. The van der Waals surface area contributed by atoms with E-state index in [0.717, 1.165) is 33.4 Å². The highest BCUT2D eigenvalue weighted by Crippen LogP contribution is 2.44. The van der Waals surface area contributed by atoms with Crippen LogP contribution in [0.15, 0.2) is 54.4 Å². The molecule has 2 nitrogen and oxygen atoms in total. The fraction of sp³-hybridized carbons (Fsp3) is 0.100. The zero-order valence-corrected chi connectivity index (χ0v) is 17.5. The fourth-order valence-corrected chi connectivity index (χ4v) is 6.21. The molecule has 0 saturated heterocycles. The molecule has 2 aliphatic heterocycles. The average molecular weight is 417 g/mol. The van der Waals surface area contributed by atoms with Gasteiger partial charge in [0.1, 0.15) is 11.5 Å². The monoisotopic (exact) mass is 416 g/mol. The molecule has 0 aromatic heterocycles. The van der Waals surface area contributed by atoms with Crippen molar-refractivity contribution in [1.82, 2.24) is 0 Å². The summed E-state index contributed by atoms with van der Waals surface area (Å²) in [4.78, 5) is 0. The number of benzene rings is 2. The van der Waals surface area contributed by atoms with Crippen molar-refractivity contribution in [3.63, 3.8) is 0 Å². The van der Waals surface area contributed by atoms with Crippen LogP contribution in [0.25, 0.3) is 22.9 Å². The van der Waals surface area contributed by atoms with Gasteiger partial charge in [-0.05, 0) is 45.9 Å². The van der Waals surface area contributed by atoms with Crippen molar-refractivity contribution in [2.75, 3.05) is 14.2 Å². The lowest BCUT2D eigenvalue weighted by Gasteiger charge is -2.14. The van der Waals surface area contributed by atoms with Gasteiger partial charge in [-0.3, -0.25) is 0 Å². The van der Waals surface area contributed by atoms with Gasteiger partial charge in [0.05, 0.1) is 14.2 Å². The maximum absolute atomic E-state index is 5.77. The number of fused-ring (bicyclic) bond motifs is 1. The normalized spacial score (nSPS) is 15.8. The summed E-state index contributed by atoms with van der Waals surface area (Å²) in [6.07, 6.45) is 4.35. The van der Waals surface area contributed by atoms with Crippen molar-refractivity contribution < 1.29 is 9.47 Å². The number of rotatable bonds is 4. The number of hydrogen-bond donors (Lipinski definition) is 0. The molecule has 0 unspecified atom stereocenters. The lowest BCUT2D eigenvalue weighted by atomic mass is 10.0. The van der Waals surface area contributed by atoms with E-state index in [0.29, 0.717) is 0 Å². The van der Waals surface area contributed by atoms with Gasteiger partial charge in [-0.15, -0.1) is 0 Å². The Morgan fingerprint density at radius 3 is 1.35 bits per heavy atom. The lowest BCUT2D eigenvalue weighted by Crippen LogP contribution is -1.94. The van der Waals surface area contributed by atoms with Crippen LogP contribution >= 0.6 is 47.0 Å². The molecule has 2 aliphatic rings. The van der Waals surface area contributed by atoms with Gasteiger partial charge in [-0.1, -0.05) is 59.2 Å². The van der Waals surface area contributed by atoms with Crippen LogP contribution in [0, 0.1) is 0 Å². The summed E-state index contributed by atoms with van der Waals surface area (Å²) in [5.41, 5.74) is 2.16. The molecule has 6 heteroatoms. The van der Waals surface area contributed by atoms with Crippen LogP contribution in [0.4, 0.5) is 0 Å². The molecule has 2 heterocycles. The van der Waals surface area contributed by atoms with Gasteiger partial charge < -0.3 is 9.47 Å². The SMILES string of the molecule is COc1c(C=C2SC=CS2)ccc2c(OC)c(C=C3SC=CS3)ccc12. The Labute approximate surface area is 170 Å². The first kappa shape index (κ1) is 18.0. The summed E-state index contributed by atoms with van der Waals surface area (Å²) >= 11 is 6.94. The second kappa shape index (κ2) is 8.13. The third kappa shape index (κ3) is 3.56. The first-order valence-corrected chi connectivity index (χ1v) is 11.4. The fourth-order valence-electron chi connectivity index (χ4n) is 2.89. The van der Waals surface area contributed by atoms with Crippen molar-refractivity contribution in [2.24, 2.45) is 0 Å². The highest BCUT2D eigenvalue weighted by molar-refractivity contribution is 8.28. The van der Waals surface area contributed by atoms with Gasteiger partial charge in [0.25, 0.3) is 0 Å². The molecule has 0 bridgehead atoms. The minimum Gasteiger partial charge on any atom is -0.495 e. The minimum absolute atomic E-state index is 0.881. The maximum Gasteiger partial charge on any atom is 0.134 e. The van der Waals surface area contributed by atoms with Crippen molar-refractivity contribution in [3.05, 3.63) is 65.5 Å². The van der Waals surface area contributed by atoms with Crippen LogP contribution in [0.3, 0.4) is 0 Å². The second-order valence-corrected chi connectivity index (χ2v) is 9.72. The van der Waals surface area contributed by atoms with E-state index in [1.54, 1.807) is 61.3 Å². The Morgan fingerprint density at radius 2 is 1.00 bits per heavy atom. The zero-order chi connectivity index (χ0) is 17.9. The molecule has 0 atom stereocenters. The number of thioether (sulfide) groups is 4. The van der Waals surface area contributed by atoms with Crippen molar-refractivity contribution in [3.8, 4) is 11.5 Å².